The zero-order valence-corrected chi connectivity index (χ0v) is 27.7. The Balaban J connectivity index is 1.57. The molecular formula is C34H42N6O9. The summed E-state index contributed by atoms with van der Waals surface area (Å²) in [5, 5.41) is 16.0. The molecule has 1 fully saturated rings. The molecule has 2 aromatic heterocycles. The second-order valence-electron chi connectivity index (χ2n) is 12.1. The molecule has 2 aliphatic rings. The zero-order chi connectivity index (χ0) is 35.3. The van der Waals surface area contributed by atoms with E-state index in [2.05, 4.69) is 25.6 Å². The van der Waals surface area contributed by atoms with Gasteiger partial charge in [-0.1, -0.05) is 43.7 Å². The summed E-state index contributed by atoms with van der Waals surface area (Å²) in [6.45, 7) is 6.07. The maximum atomic E-state index is 13.7. The van der Waals surface area contributed by atoms with Gasteiger partial charge >= 0.3 is 12.1 Å². The van der Waals surface area contributed by atoms with E-state index < -0.39 is 48.1 Å². The number of aldehydes is 1. The molecule has 2 bridgehead atoms. The van der Waals surface area contributed by atoms with Crippen molar-refractivity contribution in [3.8, 4) is 0 Å². The molecule has 0 spiro atoms. The highest BCUT2D eigenvalue weighted by Crippen LogP contribution is 2.26. The monoisotopic (exact) mass is 678 g/mol. The second kappa shape index (κ2) is 17.9. The molecule has 2 amide bonds. The Labute approximate surface area is 283 Å². The van der Waals surface area contributed by atoms with Crippen LogP contribution < -0.4 is 10.6 Å². The molecule has 2 aromatic rings. The number of aliphatic hydroxyl groups is 1. The third-order valence-electron chi connectivity index (χ3n) is 8.00. The molecule has 1 saturated heterocycles. The van der Waals surface area contributed by atoms with E-state index in [0.29, 0.717) is 31.2 Å². The number of hydrogen-bond donors (Lipinski definition) is 3. The van der Waals surface area contributed by atoms with Crippen molar-refractivity contribution < 1.29 is 43.0 Å². The van der Waals surface area contributed by atoms with Crippen LogP contribution in [0.25, 0.3) is 0 Å². The molecule has 49 heavy (non-hydrogen) atoms. The lowest BCUT2D eigenvalue weighted by Gasteiger charge is -2.31. The number of aliphatic hydroxyl groups excluding tert-OH is 1. The Morgan fingerprint density at radius 1 is 1.27 bits per heavy atom. The molecule has 4 rings (SSSR count). The van der Waals surface area contributed by atoms with E-state index in [1.165, 1.54) is 23.5 Å². The van der Waals surface area contributed by atoms with Crippen molar-refractivity contribution >= 4 is 35.9 Å². The average Bonchev–Trinajstić information content (AvgIpc) is 3.75. The highest BCUT2D eigenvalue weighted by Gasteiger charge is 2.39. The van der Waals surface area contributed by atoms with Gasteiger partial charge in [0.05, 0.1) is 25.3 Å². The number of carbonyl (C=O) groups is 5. The first-order chi connectivity index (χ1) is 23.5. The minimum Gasteiger partial charge on any atom is -0.460 e. The highest BCUT2D eigenvalue weighted by atomic mass is 16.6. The van der Waals surface area contributed by atoms with Crippen molar-refractivity contribution in [3.63, 3.8) is 0 Å². The third kappa shape index (κ3) is 11.0. The van der Waals surface area contributed by atoms with Gasteiger partial charge in [0.1, 0.15) is 30.5 Å². The van der Waals surface area contributed by atoms with Crippen molar-refractivity contribution in [2.45, 2.75) is 64.7 Å². The summed E-state index contributed by atoms with van der Waals surface area (Å²) in [5.74, 6) is -2.36. The van der Waals surface area contributed by atoms with Gasteiger partial charge in [-0.05, 0) is 19.8 Å². The summed E-state index contributed by atoms with van der Waals surface area (Å²) >= 11 is 0. The third-order valence-corrected chi connectivity index (χ3v) is 8.00. The molecule has 0 unspecified atom stereocenters. The lowest BCUT2D eigenvalue weighted by Crippen LogP contribution is -2.44. The molecule has 0 aliphatic carbocycles. The van der Waals surface area contributed by atoms with Crippen LogP contribution in [0.15, 0.2) is 64.7 Å². The predicted octanol–water partition coefficient (Wildman–Crippen LogP) is 2.60. The molecule has 4 heterocycles. The van der Waals surface area contributed by atoms with Crippen molar-refractivity contribution in [1.29, 1.82) is 0 Å². The van der Waals surface area contributed by atoms with E-state index in [-0.39, 0.29) is 55.7 Å². The number of anilines is 1. The zero-order valence-electron chi connectivity index (χ0n) is 27.7. The first kappa shape index (κ1) is 36.8. The number of nitrogens with zero attached hydrogens (tertiary/aromatic N) is 4. The SMILES string of the molecule is CC1=C\[C@@H](O)CC(=O)Cc2nc(co2)C(=O)N2CCC[C@@H]2C(=O)O[C@H]([C@@H](C)COC(=O)Nc2cnccn2)[C@H](C)/C=C(\C=O)CNC\C=C\1. The van der Waals surface area contributed by atoms with Gasteiger partial charge < -0.3 is 29.2 Å². The molecule has 2 aliphatic heterocycles. The number of amides is 2. The van der Waals surface area contributed by atoms with Crippen molar-refractivity contribution in [1.82, 2.24) is 25.2 Å². The summed E-state index contributed by atoms with van der Waals surface area (Å²) in [5.41, 5.74) is 1.08. The highest BCUT2D eigenvalue weighted by molar-refractivity contribution is 5.95. The topological polar surface area (TPSA) is 203 Å². The Bertz CT molecular complexity index is 1570. The Morgan fingerprint density at radius 3 is 2.84 bits per heavy atom. The quantitative estimate of drug-likeness (QED) is 0.308. The van der Waals surface area contributed by atoms with Gasteiger partial charge in [0.25, 0.3) is 5.91 Å². The number of fused-ring (bicyclic) bond motifs is 3. The van der Waals surface area contributed by atoms with Crippen LogP contribution in [-0.4, -0.2) is 99.5 Å². The van der Waals surface area contributed by atoms with Gasteiger partial charge in [-0.25, -0.2) is 19.6 Å². The molecular weight excluding hydrogens is 636 g/mol. The lowest BCUT2D eigenvalue weighted by molar-refractivity contribution is -0.159. The van der Waals surface area contributed by atoms with Gasteiger partial charge in [0, 0.05) is 55.9 Å². The molecule has 0 radical (unpaired) electrons. The van der Waals surface area contributed by atoms with E-state index in [0.717, 1.165) is 11.8 Å². The average molecular weight is 679 g/mol. The van der Waals surface area contributed by atoms with Crippen LogP contribution in [0.5, 0.6) is 0 Å². The minimum atomic E-state index is -1.03. The Hall–Kier alpha value is -5.02. The number of aromatic nitrogens is 3. The fourth-order valence-corrected chi connectivity index (χ4v) is 5.66. The number of carbonyl (C=O) groups excluding carboxylic acids is 5. The molecule has 5 atom stereocenters. The smallest absolute Gasteiger partial charge is 0.412 e. The number of hydrogen-bond acceptors (Lipinski definition) is 13. The van der Waals surface area contributed by atoms with Gasteiger partial charge in [0.2, 0.25) is 5.89 Å². The van der Waals surface area contributed by atoms with Crippen molar-refractivity contribution in [2.75, 3.05) is 31.6 Å². The number of nitrogens with one attached hydrogen (secondary N) is 2. The van der Waals surface area contributed by atoms with E-state index in [1.54, 1.807) is 39.0 Å². The summed E-state index contributed by atoms with van der Waals surface area (Å²) in [6.07, 6.45) is 10.8. The first-order valence-electron chi connectivity index (χ1n) is 16.1. The van der Waals surface area contributed by atoms with Crippen LogP contribution >= 0.6 is 0 Å². The molecule has 15 nitrogen and oxygen atoms in total. The summed E-state index contributed by atoms with van der Waals surface area (Å²) in [7, 11) is 0. The maximum Gasteiger partial charge on any atom is 0.412 e. The Morgan fingerprint density at radius 2 is 2.08 bits per heavy atom. The molecule has 0 saturated carbocycles. The number of ether oxygens (including phenoxy) is 2. The number of oxazole rings is 1. The van der Waals surface area contributed by atoms with Gasteiger partial charge in [-0.2, -0.15) is 0 Å². The Kier molecular flexibility index (Phi) is 13.5. The number of cyclic esters (lactones) is 1. The van der Waals surface area contributed by atoms with Crippen LogP contribution in [0.3, 0.4) is 0 Å². The summed E-state index contributed by atoms with van der Waals surface area (Å²) < 4.78 is 16.9. The number of ketones is 1. The first-order valence-corrected chi connectivity index (χ1v) is 16.1. The number of Topliss-reactive ketones (excluding diaryl/α,β-unsaturated/α-hetero) is 1. The van der Waals surface area contributed by atoms with Crippen LogP contribution in [0, 0.1) is 11.8 Å². The van der Waals surface area contributed by atoms with Crippen LogP contribution in [0.4, 0.5) is 10.6 Å². The number of allylic oxidation sites excluding steroid dienone is 2. The largest absolute Gasteiger partial charge is 0.460 e. The summed E-state index contributed by atoms with van der Waals surface area (Å²) in [4.78, 5) is 77.6. The normalized spacial score (nSPS) is 26.6. The number of rotatable bonds is 5. The van der Waals surface area contributed by atoms with E-state index in [1.807, 2.05) is 6.08 Å². The van der Waals surface area contributed by atoms with Gasteiger partial charge in [0.15, 0.2) is 11.5 Å². The minimum absolute atomic E-state index is 0.0211. The van der Waals surface area contributed by atoms with Crippen molar-refractivity contribution in [3.05, 3.63) is 71.9 Å². The molecule has 262 valence electrons. The molecule has 0 aromatic carbocycles. The number of esters is 1. The molecule has 15 heteroatoms. The van der Waals surface area contributed by atoms with Crippen LogP contribution in [0.1, 0.15) is 56.4 Å². The van der Waals surface area contributed by atoms with Crippen LogP contribution in [0.2, 0.25) is 0 Å². The fourth-order valence-electron chi connectivity index (χ4n) is 5.66. The standard InChI is InChI=1S/C34H42N6O9/c1-21-6-4-8-35-16-24(18-41)13-22(2)31(23(3)19-48-34(46)39-29-17-36-9-10-37-29)49-33(45)28-7-5-11-40(28)32(44)27-20-47-30(38-27)15-26(43)14-25(42)12-21/h4,6,9-10,12-13,17-18,20,22-23,25,28,31,35,42H,5,7-8,11,14-16,19H2,1-3H3,(H,37,39,46)/b6-4+,21-12+,24-13-/t22-,23+,25-,28-,31+/m1/s1. The summed E-state index contributed by atoms with van der Waals surface area (Å²) in [6, 6.07) is -0.924. The molecule has 3 N–H and O–H groups in total. The van der Waals surface area contributed by atoms with E-state index in [4.69, 9.17) is 13.9 Å². The second-order valence-corrected chi connectivity index (χ2v) is 12.1. The van der Waals surface area contributed by atoms with Crippen molar-refractivity contribution in [2.24, 2.45) is 11.8 Å². The van der Waals surface area contributed by atoms with Gasteiger partial charge in [-0.3, -0.25) is 24.7 Å². The lowest BCUT2D eigenvalue weighted by atomic mass is 9.91. The van der Waals surface area contributed by atoms with E-state index >= 15 is 0 Å². The fraction of sp³-hybridized carbons (Fsp3) is 0.471. The predicted molar refractivity (Wildman–Crippen MR) is 175 cm³/mol. The maximum absolute atomic E-state index is 13.7. The van der Waals surface area contributed by atoms with Crippen LogP contribution in [-0.2, 0) is 30.3 Å². The van der Waals surface area contributed by atoms with E-state index in [9.17, 15) is 29.1 Å². The van der Waals surface area contributed by atoms with Gasteiger partial charge in [-0.15, -0.1) is 0 Å².